The minimum absolute atomic E-state index is 0.00262. The van der Waals surface area contributed by atoms with E-state index in [1.165, 1.54) is 6.92 Å². The Kier molecular flexibility index (Phi) is 6.82. The maximum absolute atomic E-state index is 13.0. The van der Waals surface area contributed by atoms with Crippen LogP contribution in [-0.2, 0) is 17.4 Å². The van der Waals surface area contributed by atoms with Crippen LogP contribution in [0.2, 0.25) is 0 Å². The van der Waals surface area contributed by atoms with Crippen molar-refractivity contribution in [1.29, 1.82) is 0 Å². The van der Waals surface area contributed by atoms with Gasteiger partial charge in [0.2, 0.25) is 11.1 Å². The van der Waals surface area contributed by atoms with E-state index in [9.17, 15) is 28.1 Å². The summed E-state index contributed by atoms with van der Waals surface area (Å²) < 4.78 is 40.7. The number of carbonyl (C=O) groups is 1. The summed E-state index contributed by atoms with van der Waals surface area (Å²) in [5, 5.41) is 22.6. The normalized spacial score (nSPS) is 11.4. The second-order valence-corrected chi connectivity index (χ2v) is 7.85. The molecule has 168 valence electrons. The molecule has 12 heteroatoms. The highest BCUT2D eigenvalue weighted by Gasteiger charge is 2.33. The molecule has 32 heavy (non-hydrogen) atoms. The maximum atomic E-state index is 13.0. The SMILES string of the molecule is CC(=O)NCCc1nnc(Sc2ccc(C(F)(F)F)cc2[N+](=O)[O-])n1-c1ccc(C)cc1. The lowest BCUT2D eigenvalue weighted by atomic mass is 10.2. The van der Waals surface area contributed by atoms with Gasteiger partial charge in [0.05, 0.1) is 15.4 Å². The van der Waals surface area contributed by atoms with Crippen molar-refractivity contribution in [3.8, 4) is 5.69 Å². The fourth-order valence-corrected chi connectivity index (χ4v) is 3.81. The first-order valence-corrected chi connectivity index (χ1v) is 10.2. The summed E-state index contributed by atoms with van der Waals surface area (Å²) in [5.74, 6) is 0.279. The number of halogens is 3. The number of aryl methyl sites for hydroxylation is 1. The third kappa shape index (κ3) is 5.44. The average molecular weight is 465 g/mol. The van der Waals surface area contributed by atoms with Crippen LogP contribution in [0.1, 0.15) is 23.9 Å². The first-order chi connectivity index (χ1) is 15.1. The van der Waals surface area contributed by atoms with Gasteiger partial charge in [-0.15, -0.1) is 10.2 Å². The Morgan fingerprint density at radius 2 is 1.88 bits per heavy atom. The predicted octanol–water partition coefficient (Wildman–Crippen LogP) is 4.33. The van der Waals surface area contributed by atoms with Crippen LogP contribution in [0.15, 0.2) is 52.5 Å². The van der Waals surface area contributed by atoms with Crippen LogP contribution in [0.5, 0.6) is 0 Å². The third-order valence-corrected chi connectivity index (χ3v) is 5.41. The molecular weight excluding hydrogens is 447 g/mol. The molecule has 0 saturated carbocycles. The summed E-state index contributed by atoms with van der Waals surface area (Å²) >= 11 is 0.841. The van der Waals surface area contributed by atoms with E-state index >= 15 is 0 Å². The summed E-state index contributed by atoms with van der Waals surface area (Å²) in [6.07, 6.45) is -4.37. The molecule has 0 bridgehead atoms. The number of nitro benzene ring substituents is 1. The van der Waals surface area contributed by atoms with Gasteiger partial charge in [-0.05, 0) is 43.0 Å². The fourth-order valence-electron chi connectivity index (χ4n) is 2.85. The molecule has 0 fully saturated rings. The molecule has 0 aliphatic carbocycles. The summed E-state index contributed by atoms with van der Waals surface area (Å²) in [4.78, 5) is 21.7. The second-order valence-electron chi connectivity index (χ2n) is 6.84. The Labute approximate surface area is 185 Å². The lowest BCUT2D eigenvalue weighted by molar-refractivity contribution is -0.388. The van der Waals surface area contributed by atoms with Crippen molar-refractivity contribution < 1.29 is 22.9 Å². The van der Waals surface area contributed by atoms with E-state index in [0.717, 1.165) is 29.5 Å². The lowest BCUT2D eigenvalue weighted by Gasteiger charge is -2.12. The van der Waals surface area contributed by atoms with E-state index in [-0.39, 0.29) is 16.0 Å². The van der Waals surface area contributed by atoms with Crippen molar-refractivity contribution in [2.24, 2.45) is 0 Å². The molecule has 0 aliphatic rings. The Morgan fingerprint density at radius 3 is 2.47 bits per heavy atom. The van der Waals surface area contributed by atoms with Crippen LogP contribution in [0.3, 0.4) is 0 Å². The van der Waals surface area contributed by atoms with Crippen LogP contribution < -0.4 is 5.32 Å². The van der Waals surface area contributed by atoms with E-state index in [1.54, 1.807) is 4.57 Å². The Morgan fingerprint density at radius 1 is 1.19 bits per heavy atom. The second kappa shape index (κ2) is 9.39. The summed E-state index contributed by atoms with van der Waals surface area (Å²) in [6.45, 7) is 3.59. The quantitative estimate of drug-likeness (QED) is 0.412. The van der Waals surface area contributed by atoms with Gasteiger partial charge < -0.3 is 5.32 Å². The third-order valence-electron chi connectivity index (χ3n) is 4.40. The zero-order valence-electron chi connectivity index (χ0n) is 17.0. The molecule has 1 amide bonds. The molecule has 8 nitrogen and oxygen atoms in total. The molecule has 2 aromatic carbocycles. The number of nitrogens with zero attached hydrogens (tertiary/aromatic N) is 4. The van der Waals surface area contributed by atoms with Gasteiger partial charge in [0.1, 0.15) is 5.82 Å². The first kappa shape index (κ1) is 23.3. The van der Waals surface area contributed by atoms with Gasteiger partial charge in [0.25, 0.3) is 5.69 Å². The maximum Gasteiger partial charge on any atom is 0.416 e. The summed E-state index contributed by atoms with van der Waals surface area (Å²) in [7, 11) is 0. The molecule has 0 aliphatic heterocycles. The molecule has 3 aromatic rings. The van der Waals surface area contributed by atoms with Crippen LogP contribution >= 0.6 is 11.8 Å². The zero-order chi connectivity index (χ0) is 23.5. The molecule has 1 aromatic heterocycles. The molecule has 1 N–H and O–H groups in total. The number of aromatic nitrogens is 3. The summed E-state index contributed by atoms with van der Waals surface area (Å²) in [6, 6.07) is 9.70. The van der Waals surface area contributed by atoms with E-state index in [4.69, 9.17) is 0 Å². The number of hydrogen-bond donors (Lipinski definition) is 1. The van der Waals surface area contributed by atoms with Crippen molar-refractivity contribution >= 4 is 23.4 Å². The van der Waals surface area contributed by atoms with Crippen molar-refractivity contribution in [2.75, 3.05) is 6.54 Å². The predicted molar refractivity (Wildman–Crippen MR) is 111 cm³/mol. The standard InChI is InChI=1S/C20H18F3N5O3S/c1-12-3-6-15(7-4-12)27-18(9-10-24-13(2)29)25-26-19(27)32-17-8-5-14(20(21,22)23)11-16(17)28(30)31/h3-8,11H,9-10H2,1-2H3,(H,24,29). The summed E-state index contributed by atoms with van der Waals surface area (Å²) in [5.41, 5.74) is -0.0997. The van der Waals surface area contributed by atoms with Crippen LogP contribution in [0.25, 0.3) is 5.69 Å². The smallest absolute Gasteiger partial charge is 0.356 e. The largest absolute Gasteiger partial charge is 0.416 e. The van der Waals surface area contributed by atoms with E-state index in [1.807, 2.05) is 31.2 Å². The van der Waals surface area contributed by atoms with Gasteiger partial charge in [-0.1, -0.05) is 17.7 Å². The number of alkyl halides is 3. The minimum atomic E-state index is -4.70. The van der Waals surface area contributed by atoms with Gasteiger partial charge >= 0.3 is 6.18 Å². The van der Waals surface area contributed by atoms with Gasteiger partial charge in [-0.2, -0.15) is 13.2 Å². The number of amides is 1. The molecule has 0 radical (unpaired) electrons. The lowest BCUT2D eigenvalue weighted by Crippen LogP contribution is -2.23. The van der Waals surface area contributed by atoms with Gasteiger partial charge in [-0.25, -0.2) is 0 Å². The van der Waals surface area contributed by atoms with Gasteiger partial charge in [-0.3, -0.25) is 19.5 Å². The number of nitro groups is 1. The monoisotopic (exact) mass is 465 g/mol. The van der Waals surface area contributed by atoms with Crippen molar-refractivity contribution in [3.05, 3.63) is 69.5 Å². The number of benzene rings is 2. The zero-order valence-corrected chi connectivity index (χ0v) is 17.8. The van der Waals surface area contributed by atoms with Crippen molar-refractivity contribution in [1.82, 2.24) is 20.1 Å². The van der Waals surface area contributed by atoms with Gasteiger partial charge in [0.15, 0.2) is 0 Å². The van der Waals surface area contributed by atoms with Crippen LogP contribution in [-0.4, -0.2) is 32.1 Å². The molecular formula is C20H18F3N5O3S. The highest BCUT2D eigenvalue weighted by Crippen LogP contribution is 2.39. The van der Waals surface area contributed by atoms with Gasteiger partial charge in [0, 0.05) is 31.6 Å². The molecule has 0 atom stereocenters. The van der Waals surface area contributed by atoms with Crippen molar-refractivity contribution in [2.45, 2.75) is 36.5 Å². The molecule has 0 unspecified atom stereocenters. The highest BCUT2D eigenvalue weighted by atomic mass is 32.2. The fraction of sp³-hybridized carbons (Fsp3) is 0.250. The van der Waals surface area contributed by atoms with Crippen LogP contribution in [0, 0.1) is 17.0 Å². The molecule has 0 saturated heterocycles. The topological polar surface area (TPSA) is 103 Å². The van der Waals surface area contributed by atoms with E-state index in [2.05, 4.69) is 15.5 Å². The van der Waals surface area contributed by atoms with Crippen LogP contribution in [0.4, 0.5) is 18.9 Å². The Hall–Kier alpha value is -3.41. The Bertz CT molecular complexity index is 1150. The highest BCUT2D eigenvalue weighted by molar-refractivity contribution is 7.99. The average Bonchev–Trinajstić information content (AvgIpc) is 3.10. The molecule has 3 rings (SSSR count). The van der Waals surface area contributed by atoms with Crippen molar-refractivity contribution in [3.63, 3.8) is 0 Å². The van der Waals surface area contributed by atoms with E-state index in [0.29, 0.717) is 30.5 Å². The molecule has 1 heterocycles. The number of rotatable bonds is 7. The van der Waals surface area contributed by atoms with E-state index < -0.39 is 22.4 Å². The number of hydrogen-bond acceptors (Lipinski definition) is 6. The number of nitrogens with one attached hydrogen (secondary N) is 1. The number of carbonyl (C=O) groups excluding carboxylic acids is 1. The Balaban J connectivity index is 2.02. The molecule has 0 spiro atoms. The first-order valence-electron chi connectivity index (χ1n) is 9.35. The minimum Gasteiger partial charge on any atom is -0.356 e.